The molecule has 0 amide bonds. The van der Waals surface area contributed by atoms with E-state index < -0.39 is 12.1 Å². The summed E-state index contributed by atoms with van der Waals surface area (Å²) in [4.78, 5) is 0. The van der Waals surface area contributed by atoms with Crippen molar-refractivity contribution in [3.05, 3.63) is 35.4 Å². The van der Waals surface area contributed by atoms with Crippen LogP contribution >= 0.6 is 0 Å². The Morgan fingerprint density at radius 1 is 0.923 bits per heavy atom. The summed E-state index contributed by atoms with van der Waals surface area (Å²) in [5, 5.41) is 0. The van der Waals surface area contributed by atoms with Crippen LogP contribution in [0.3, 0.4) is 0 Å². The largest absolute Gasteiger partial charge is 0.280 e. The molecule has 1 aliphatic rings. The molecule has 1 aliphatic carbocycles. The maximum Gasteiger partial charge on any atom is 0.280 e. The lowest BCUT2D eigenvalue weighted by molar-refractivity contribution is -0.0566. The van der Waals surface area contributed by atoms with E-state index in [9.17, 15) is 13.2 Å². The smallest absolute Gasteiger partial charge is 0.236 e. The molecule has 1 fully saturated rings. The highest BCUT2D eigenvalue weighted by atomic mass is 19.3. The molecular weight excluding hydrogens is 333 g/mol. The van der Waals surface area contributed by atoms with Crippen molar-refractivity contribution in [2.45, 2.75) is 102 Å². The average molecular weight is 369 g/mol. The molecule has 0 N–H and O–H groups in total. The van der Waals surface area contributed by atoms with Gasteiger partial charge in [-0.05, 0) is 48.6 Å². The van der Waals surface area contributed by atoms with E-state index >= 15 is 0 Å². The second kappa shape index (κ2) is 10.4. The molecule has 3 heteroatoms. The maximum absolute atomic E-state index is 13.7. The number of rotatable bonds is 10. The van der Waals surface area contributed by atoms with Gasteiger partial charge in [0.15, 0.2) is 6.17 Å². The Morgan fingerprint density at radius 3 is 2.08 bits per heavy atom. The van der Waals surface area contributed by atoms with E-state index in [4.69, 9.17) is 0 Å². The molecule has 1 saturated carbocycles. The summed E-state index contributed by atoms with van der Waals surface area (Å²) in [5.74, 6) is -1.97. The Labute approximate surface area is 157 Å². The third-order valence-corrected chi connectivity index (χ3v) is 5.96. The van der Waals surface area contributed by atoms with Crippen molar-refractivity contribution in [2.75, 3.05) is 0 Å². The van der Waals surface area contributed by atoms with Gasteiger partial charge in [-0.3, -0.25) is 0 Å². The molecule has 0 saturated heterocycles. The summed E-state index contributed by atoms with van der Waals surface area (Å²) in [6.07, 6.45) is 12.2. The minimum Gasteiger partial charge on any atom is -0.236 e. The Hall–Kier alpha value is -0.990. The number of benzene rings is 1. The fourth-order valence-corrected chi connectivity index (χ4v) is 4.23. The van der Waals surface area contributed by atoms with Gasteiger partial charge in [0.1, 0.15) is 0 Å². The molecule has 0 nitrogen and oxygen atoms in total. The molecule has 0 spiro atoms. The Balaban J connectivity index is 1.72. The average Bonchev–Trinajstić information content (AvgIpc) is 2.64. The fraction of sp³-hybridized carbons (Fsp3) is 0.739. The first-order valence-electron chi connectivity index (χ1n) is 10.5. The van der Waals surface area contributed by atoms with Crippen LogP contribution in [0.25, 0.3) is 0 Å². The van der Waals surface area contributed by atoms with E-state index in [1.807, 2.05) is 12.1 Å². The third-order valence-electron chi connectivity index (χ3n) is 5.96. The molecule has 0 aliphatic heterocycles. The third kappa shape index (κ3) is 6.63. The van der Waals surface area contributed by atoms with Crippen molar-refractivity contribution in [2.24, 2.45) is 5.92 Å². The topological polar surface area (TPSA) is 0 Å². The van der Waals surface area contributed by atoms with Gasteiger partial charge >= 0.3 is 0 Å². The minimum atomic E-state index is -3.32. The van der Waals surface area contributed by atoms with E-state index in [-0.39, 0.29) is 5.56 Å². The van der Waals surface area contributed by atoms with E-state index in [1.165, 1.54) is 76.2 Å². The zero-order valence-electron chi connectivity index (χ0n) is 16.5. The van der Waals surface area contributed by atoms with Crippen LogP contribution in [0, 0.1) is 5.92 Å². The second-order valence-electron chi connectivity index (χ2n) is 8.26. The SMILES string of the molecule is CCCCCCCC[C@H]1CC[C@H](c2ccc(C(F)C(C)(F)F)cc2)CC1. The van der Waals surface area contributed by atoms with Crippen molar-refractivity contribution < 1.29 is 13.2 Å². The monoisotopic (exact) mass is 368 g/mol. The van der Waals surface area contributed by atoms with Crippen LogP contribution in [0.4, 0.5) is 13.2 Å². The Bertz CT molecular complexity index is 495. The van der Waals surface area contributed by atoms with Gasteiger partial charge in [-0.1, -0.05) is 76.1 Å². The van der Waals surface area contributed by atoms with Gasteiger partial charge in [-0.15, -0.1) is 0 Å². The van der Waals surface area contributed by atoms with Gasteiger partial charge in [0, 0.05) is 6.92 Å². The molecule has 148 valence electrons. The van der Waals surface area contributed by atoms with Gasteiger partial charge in [0.25, 0.3) is 5.92 Å². The second-order valence-corrected chi connectivity index (χ2v) is 8.26. The Morgan fingerprint density at radius 2 is 1.50 bits per heavy atom. The highest BCUT2D eigenvalue weighted by Crippen LogP contribution is 2.39. The zero-order valence-corrected chi connectivity index (χ0v) is 16.5. The fourth-order valence-electron chi connectivity index (χ4n) is 4.23. The van der Waals surface area contributed by atoms with Crippen molar-refractivity contribution >= 4 is 0 Å². The molecular formula is C23H35F3. The normalized spacial score (nSPS) is 22.3. The van der Waals surface area contributed by atoms with Crippen LogP contribution in [0.15, 0.2) is 24.3 Å². The molecule has 1 unspecified atom stereocenters. The first-order chi connectivity index (χ1) is 12.4. The summed E-state index contributed by atoms with van der Waals surface area (Å²) in [6.45, 7) is 2.89. The van der Waals surface area contributed by atoms with Crippen LogP contribution in [0.2, 0.25) is 0 Å². The van der Waals surface area contributed by atoms with Crippen LogP contribution < -0.4 is 0 Å². The lowest BCUT2D eigenvalue weighted by atomic mass is 9.77. The number of hydrogen-bond donors (Lipinski definition) is 0. The summed E-state index contributed by atoms with van der Waals surface area (Å²) in [5.41, 5.74) is 1.26. The van der Waals surface area contributed by atoms with Crippen LogP contribution in [-0.2, 0) is 0 Å². The Kier molecular flexibility index (Phi) is 8.50. The predicted molar refractivity (Wildman–Crippen MR) is 104 cm³/mol. The quantitative estimate of drug-likeness (QED) is 0.364. The van der Waals surface area contributed by atoms with Crippen molar-refractivity contribution in [3.63, 3.8) is 0 Å². The maximum atomic E-state index is 13.7. The first kappa shape index (κ1) is 21.3. The molecule has 2 rings (SSSR count). The molecule has 0 bridgehead atoms. The van der Waals surface area contributed by atoms with E-state index in [0.29, 0.717) is 12.8 Å². The molecule has 26 heavy (non-hydrogen) atoms. The van der Waals surface area contributed by atoms with E-state index in [2.05, 4.69) is 6.92 Å². The molecule has 0 heterocycles. The molecule has 0 aromatic heterocycles. The summed E-state index contributed by atoms with van der Waals surface area (Å²) in [7, 11) is 0. The van der Waals surface area contributed by atoms with Crippen molar-refractivity contribution in [1.29, 1.82) is 0 Å². The number of hydrogen-bond acceptors (Lipinski definition) is 0. The number of halogens is 3. The number of alkyl halides is 3. The highest BCUT2D eigenvalue weighted by Gasteiger charge is 2.35. The molecule has 1 aromatic rings. The van der Waals surface area contributed by atoms with Crippen LogP contribution in [0.1, 0.15) is 108 Å². The van der Waals surface area contributed by atoms with E-state index in [1.54, 1.807) is 12.1 Å². The highest BCUT2D eigenvalue weighted by molar-refractivity contribution is 5.28. The van der Waals surface area contributed by atoms with Crippen LogP contribution in [-0.4, -0.2) is 5.92 Å². The molecule has 1 aromatic carbocycles. The zero-order chi connectivity index (χ0) is 19.0. The van der Waals surface area contributed by atoms with Gasteiger partial charge in [-0.25, -0.2) is 13.2 Å². The molecule has 1 atom stereocenters. The minimum absolute atomic E-state index is 0.0815. The lowest BCUT2D eigenvalue weighted by Crippen LogP contribution is -2.18. The van der Waals surface area contributed by atoms with Crippen LogP contribution in [0.5, 0.6) is 0 Å². The van der Waals surface area contributed by atoms with Gasteiger partial charge in [0.2, 0.25) is 0 Å². The van der Waals surface area contributed by atoms with Crippen molar-refractivity contribution in [3.8, 4) is 0 Å². The van der Waals surface area contributed by atoms with Gasteiger partial charge in [-0.2, -0.15) is 0 Å². The summed E-state index contributed by atoms with van der Waals surface area (Å²) < 4.78 is 40.0. The van der Waals surface area contributed by atoms with Crippen molar-refractivity contribution in [1.82, 2.24) is 0 Å². The van der Waals surface area contributed by atoms with Gasteiger partial charge < -0.3 is 0 Å². The predicted octanol–water partition coefficient (Wildman–Crippen LogP) is 8.38. The molecule has 0 radical (unpaired) electrons. The first-order valence-corrected chi connectivity index (χ1v) is 10.5. The summed E-state index contributed by atoms with van der Waals surface area (Å²) >= 11 is 0. The van der Waals surface area contributed by atoms with Gasteiger partial charge in [0.05, 0.1) is 0 Å². The lowest BCUT2D eigenvalue weighted by Gasteiger charge is -2.29. The standard InChI is InChI=1S/C23H35F3/c1-3-4-5-6-7-8-9-18-10-12-19(13-11-18)20-14-16-21(17-15-20)22(24)23(2,25)26/h14-19,22H,3-13H2,1-2H3/t18-,19-,22?. The number of unbranched alkanes of at least 4 members (excludes halogenated alkanes) is 5. The summed E-state index contributed by atoms with van der Waals surface area (Å²) in [6, 6.07) is 6.79. The van der Waals surface area contributed by atoms with E-state index in [0.717, 1.165) is 5.92 Å².